The third-order valence-corrected chi connectivity index (χ3v) is 12.6. The van der Waals surface area contributed by atoms with Gasteiger partial charge in [-0.05, 0) is 101 Å². The van der Waals surface area contributed by atoms with Gasteiger partial charge >= 0.3 is 0 Å². The number of fused-ring (bicyclic) bond motifs is 10. The predicted molar refractivity (Wildman–Crippen MR) is 252 cm³/mol. The predicted octanol–water partition coefficient (Wildman–Crippen LogP) is 15.2. The first-order valence-corrected chi connectivity index (χ1v) is 20.7. The van der Waals surface area contributed by atoms with Crippen LogP contribution in [0, 0.1) is 5.92 Å². The molecule has 3 heteroatoms. The largest absolute Gasteiger partial charge is 0.456 e. The molecule has 2 unspecified atom stereocenters. The Balaban J connectivity index is 1.03. The van der Waals surface area contributed by atoms with Gasteiger partial charge in [0.25, 0.3) is 0 Å². The Morgan fingerprint density at radius 3 is 1.57 bits per heavy atom. The zero-order chi connectivity index (χ0) is 39.7. The number of hydrogen-bond donors (Lipinski definition) is 0. The molecule has 1 aliphatic rings. The van der Waals surface area contributed by atoms with Crippen LogP contribution in [0.2, 0.25) is 0 Å². The molecule has 282 valence electrons. The summed E-state index contributed by atoms with van der Waals surface area (Å²) in [5, 5.41) is 12.2. The van der Waals surface area contributed by atoms with Crippen LogP contribution in [-0.2, 0) is 0 Å². The van der Waals surface area contributed by atoms with Crippen molar-refractivity contribution in [3.05, 3.63) is 217 Å². The van der Waals surface area contributed by atoms with E-state index in [-0.39, 0.29) is 12.0 Å². The van der Waals surface area contributed by atoms with Gasteiger partial charge in [0, 0.05) is 27.8 Å². The third-order valence-electron chi connectivity index (χ3n) is 12.6. The summed E-state index contributed by atoms with van der Waals surface area (Å²) in [6.45, 7) is 2.25. The third kappa shape index (κ3) is 5.58. The number of nitrogens with zero attached hydrogens (tertiary/aromatic N) is 2. The summed E-state index contributed by atoms with van der Waals surface area (Å²) in [6.07, 6.45) is 0. The fraction of sp³-hybridized carbons (Fsp3) is 0.0526. The van der Waals surface area contributed by atoms with E-state index in [9.17, 15) is 0 Å². The van der Waals surface area contributed by atoms with Gasteiger partial charge in [0.05, 0.1) is 11.8 Å². The van der Waals surface area contributed by atoms with Crippen molar-refractivity contribution in [3.8, 4) is 22.3 Å². The summed E-state index contributed by atoms with van der Waals surface area (Å²) >= 11 is 0. The number of aliphatic imine (C=N–C) groups is 2. The van der Waals surface area contributed by atoms with Crippen LogP contribution in [0.3, 0.4) is 0 Å². The molecule has 0 saturated heterocycles. The van der Waals surface area contributed by atoms with Crippen LogP contribution in [0.4, 0.5) is 0 Å². The highest BCUT2D eigenvalue weighted by atomic mass is 16.3. The second-order valence-electron chi connectivity index (χ2n) is 16.1. The molecule has 1 aliphatic heterocycles. The van der Waals surface area contributed by atoms with Crippen molar-refractivity contribution in [2.45, 2.75) is 13.0 Å². The Labute approximate surface area is 347 Å². The molecule has 2 heterocycles. The van der Waals surface area contributed by atoms with Crippen LogP contribution in [0.25, 0.3) is 87.3 Å². The number of rotatable bonds is 5. The molecule has 0 radical (unpaired) electrons. The standard InChI is InChI=1S/C57H38N2O/c1-35-54(38-14-4-2-5-15-38)58-57(39-16-6-3-7-17-39)59-55(35)52-33-43(32-51-50-31-40-18-8-9-19-41(40)34-53(50)60-56(51)52)37-26-24-36(25-27-37)42-28-29-48-46-22-11-10-20-44(46)45-21-12-13-23-47(45)49(48)30-42/h2-35,55H,1H3. The first-order valence-electron chi connectivity index (χ1n) is 20.7. The van der Waals surface area contributed by atoms with Crippen molar-refractivity contribution >= 4 is 76.6 Å². The van der Waals surface area contributed by atoms with Crippen LogP contribution >= 0.6 is 0 Å². The second kappa shape index (κ2) is 13.8. The Bertz CT molecular complexity index is 3510. The minimum Gasteiger partial charge on any atom is -0.456 e. The zero-order valence-corrected chi connectivity index (χ0v) is 33.0. The van der Waals surface area contributed by atoms with E-state index in [1.165, 1.54) is 48.8 Å². The molecule has 0 aliphatic carbocycles. The smallest absolute Gasteiger partial charge is 0.155 e. The molecule has 2 atom stereocenters. The fourth-order valence-corrected chi connectivity index (χ4v) is 9.56. The maximum Gasteiger partial charge on any atom is 0.155 e. The quantitative estimate of drug-likeness (QED) is 0.161. The maximum atomic E-state index is 6.93. The van der Waals surface area contributed by atoms with E-state index in [2.05, 4.69) is 201 Å². The summed E-state index contributed by atoms with van der Waals surface area (Å²) < 4.78 is 6.93. The Morgan fingerprint density at radius 1 is 0.383 bits per heavy atom. The molecule has 0 saturated carbocycles. The van der Waals surface area contributed by atoms with Crippen LogP contribution in [-0.4, -0.2) is 11.5 Å². The van der Waals surface area contributed by atoms with Crippen molar-refractivity contribution in [1.29, 1.82) is 0 Å². The van der Waals surface area contributed by atoms with Crippen LogP contribution in [0.15, 0.2) is 215 Å². The lowest BCUT2D eigenvalue weighted by atomic mass is 9.84. The number of benzene rings is 10. The van der Waals surface area contributed by atoms with E-state index >= 15 is 0 Å². The van der Waals surface area contributed by atoms with E-state index in [1.54, 1.807) is 0 Å². The summed E-state index contributed by atoms with van der Waals surface area (Å²) in [5.74, 6) is 0.715. The van der Waals surface area contributed by atoms with Gasteiger partial charge in [-0.3, -0.25) is 4.99 Å². The molecule has 11 aromatic rings. The highest BCUT2D eigenvalue weighted by Gasteiger charge is 2.32. The van der Waals surface area contributed by atoms with Crippen molar-refractivity contribution in [1.82, 2.24) is 0 Å². The van der Waals surface area contributed by atoms with Gasteiger partial charge in [-0.2, -0.15) is 0 Å². The molecular formula is C57H38N2O. The van der Waals surface area contributed by atoms with Crippen molar-refractivity contribution in [2.75, 3.05) is 0 Å². The molecule has 0 amide bonds. The number of furan rings is 1. The molecule has 10 aromatic carbocycles. The first-order chi connectivity index (χ1) is 29.6. The van der Waals surface area contributed by atoms with Gasteiger partial charge in [0.2, 0.25) is 0 Å². The van der Waals surface area contributed by atoms with E-state index < -0.39 is 0 Å². The molecule has 0 bridgehead atoms. The van der Waals surface area contributed by atoms with Crippen molar-refractivity contribution in [3.63, 3.8) is 0 Å². The van der Waals surface area contributed by atoms with Crippen LogP contribution in [0.5, 0.6) is 0 Å². The van der Waals surface area contributed by atoms with Crippen LogP contribution in [0.1, 0.15) is 29.7 Å². The average Bonchev–Trinajstić information content (AvgIpc) is 3.68. The monoisotopic (exact) mass is 766 g/mol. The molecular weight excluding hydrogens is 729 g/mol. The molecule has 0 spiro atoms. The lowest BCUT2D eigenvalue weighted by molar-refractivity contribution is 0.578. The van der Waals surface area contributed by atoms with Crippen molar-refractivity contribution < 1.29 is 4.42 Å². The van der Waals surface area contributed by atoms with E-state index in [4.69, 9.17) is 14.4 Å². The first kappa shape index (κ1) is 34.4. The molecule has 12 rings (SSSR count). The fourth-order valence-electron chi connectivity index (χ4n) is 9.56. The van der Waals surface area contributed by atoms with Gasteiger partial charge in [0.1, 0.15) is 11.2 Å². The average molecular weight is 767 g/mol. The van der Waals surface area contributed by atoms with Gasteiger partial charge in [-0.25, -0.2) is 4.99 Å². The van der Waals surface area contributed by atoms with Gasteiger partial charge in [-0.15, -0.1) is 0 Å². The Kier molecular flexibility index (Phi) is 7.89. The topological polar surface area (TPSA) is 37.9 Å². The number of amidine groups is 1. The normalized spacial score (nSPS) is 15.6. The van der Waals surface area contributed by atoms with Crippen LogP contribution < -0.4 is 0 Å². The summed E-state index contributed by atoms with van der Waals surface area (Å²) in [6, 6.07) is 71.7. The molecule has 1 aromatic heterocycles. The summed E-state index contributed by atoms with van der Waals surface area (Å²) in [7, 11) is 0. The van der Waals surface area contributed by atoms with E-state index in [1.807, 2.05) is 6.07 Å². The van der Waals surface area contributed by atoms with E-state index in [0.717, 1.165) is 66.7 Å². The molecule has 0 fully saturated rings. The zero-order valence-electron chi connectivity index (χ0n) is 33.0. The molecule has 3 nitrogen and oxygen atoms in total. The van der Waals surface area contributed by atoms with Gasteiger partial charge < -0.3 is 4.42 Å². The Morgan fingerprint density at radius 2 is 0.900 bits per heavy atom. The van der Waals surface area contributed by atoms with Gasteiger partial charge in [0.15, 0.2) is 5.84 Å². The lowest BCUT2D eigenvalue weighted by Gasteiger charge is -2.28. The molecule has 60 heavy (non-hydrogen) atoms. The number of hydrogen-bond acceptors (Lipinski definition) is 3. The van der Waals surface area contributed by atoms with Crippen molar-refractivity contribution in [2.24, 2.45) is 15.9 Å². The SMILES string of the molecule is CC1C(c2ccccc2)=NC(c2ccccc2)=NC1c1cc(-c2ccc(-c3ccc4c5ccccc5c5ccccc5c4c3)cc2)cc2c1oc1cc3ccccc3cc12. The highest BCUT2D eigenvalue weighted by Crippen LogP contribution is 2.44. The molecule has 0 N–H and O–H groups in total. The summed E-state index contributed by atoms with van der Waals surface area (Å²) in [4.78, 5) is 10.7. The second-order valence-corrected chi connectivity index (χ2v) is 16.1. The lowest BCUT2D eigenvalue weighted by Crippen LogP contribution is -2.26. The maximum absolute atomic E-state index is 6.93. The highest BCUT2D eigenvalue weighted by molar-refractivity contribution is 6.26. The minimum atomic E-state index is -0.242. The Hall–Kier alpha value is -7.62. The summed E-state index contributed by atoms with van der Waals surface area (Å²) in [5.41, 5.74) is 10.6. The van der Waals surface area contributed by atoms with E-state index in [0.29, 0.717) is 0 Å². The van der Waals surface area contributed by atoms with Gasteiger partial charge in [-0.1, -0.05) is 177 Å². The minimum absolute atomic E-state index is 0.0194.